The molecule has 48 heavy (non-hydrogen) atoms. The van der Waals surface area contributed by atoms with Crippen LogP contribution in [-0.4, -0.2) is 0 Å². The molecule has 228 valence electrons. The van der Waals surface area contributed by atoms with Gasteiger partial charge in [0.2, 0.25) is 0 Å². The highest BCUT2D eigenvalue weighted by Gasteiger charge is 2.37. The first-order valence-corrected chi connectivity index (χ1v) is 18.1. The van der Waals surface area contributed by atoms with Gasteiger partial charge in [0.25, 0.3) is 0 Å². The van der Waals surface area contributed by atoms with E-state index in [2.05, 4.69) is 170 Å². The first-order valence-electron chi connectivity index (χ1n) is 16.5. The summed E-state index contributed by atoms with van der Waals surface area (Å²) in [6.07, 6.45) is 0. The van der Waals surface area contributed by atoms with Crippen molar-refractivity contribution >= 4 is 80.1 Å². The summed E-state index contributed by atoms with van der Waals surface area (Å²) < 4.78 is 5.32. The molecule has 2 aromatic heterocycles. The molecule has 0 saturated heterocycles. The van der Waals surface area contributed by atoms with E-state index in [9.17, 15) is 0 Å². The van der Waals surface area contributed by atoms with E-state index in [1.807, 2.05) is 22.7 Å². The molecule has 7 aromatic carbocycles. The Balaban J connectivity index is 1.15. The highest BCUT2D eigenvalue weighted by molar-refractivity contribution is 7.26. The van der Waals surface area contributed by atoms with E-state index in [4.69, 9.17) is 0 Å². The average Bonchev–Trinajstić information content (AvgIpc) is 3.69. The summed E-state index contributed by atoms with van der Waals surface area (Å²) in [7, 11) is 0. The molecule has 1 aliphatic heterocycles. The lowest BCUT2D eigenvalue weighted by Crippen LogP contribution is -2.30. The summed E-state index contributed by atoms with van der Waals surface area (Å²) in [5.74, 6) is 0. The third-order valence-corrected chi connectivity index (χ3v) is 12.6. The van der Waals surface area contributed by atoms with Crippen LogP contribution in [-0.2, 0) is 5.41 Å². The molecule has 1 nitrogen and oxygen atoms in total. The second-order valence-electron chi connectivity index (χ2n) is 13.4. The average molecular weight is 650 g/mol. The maximum absolute atomic E-state index is 2.49. The van der Waals surface area contributed by atoms with Crippen LogP contribution in [0, 0.1) is 0 Å². The maximum Gasteiger partial charge on any atom is 0.0503 e. The molecule has 0 saturated carbocycles. The van der Waals surface area contributed by atoms with Crippen LogP contribution in [0.1, 0.15) is 25.0 Å². The molecule has 0 atom stereocenters. The Bertz CT molecular complexity index is 2710. The van der Waals surface area contributed by atoms with Gasteiger partial charge in [0.05, 0.1) is 11.4 Å². The first kappa shape index (κ1) is 27.9. The zero-order chi connectivity index (χ0) is 32.0. The fourth-order valence-electron chi connectivity index (χ4n) is 7.78. The van der Waals surface area contributed by atoms with Crippen molar-refractivity contribution in [3.63, 3.8) is 0 Å². The van der Waals surface area contributed by atoms with E-state index < -0.39 is 0 Å². The van der Waals surface area contributed by atoms with Crippen molar-refractivity contribution in [2.45, 2.75) is 19.3 Å². The molecule has 1 aliphatic rings. The van der Waals surface area contributed by atoms with Gasteiger partial charge in [-0.15, -0.1) is 22.7 Å². The quantitative estimate of drug-likeness (QED) is 0.184. The molecule has 0 spiro atoms. The van der Waals surface area contributed by atoms with E-state index in [0.29, 0.717) is 0 Å². The third kappa shape index (κ3) is 4.14. The molecule has 0 N–H and O–H groups in total. The van der Waals surface area contributed by atoms with Gasteiger partial charge in [-0.1, -0.05) is 98.8 Å². The van der Waals surface area contributed by atoms with Gasteiger partial charge in [-0.2, -0.15) is 0 Å². The van der Waals surface area contributed by atoms with Crippen LogP contribution in [0.25, 0.3) is 62.6 Å². The molecule has 9 aromatic rings. The van der Waals surface area contributed by atoms with E-state index in [1.54, 1.807) is 0 Å². The van der Waals surface area contributed by atoms with Crippen LogP contribution in [0.4, 0.5) is 17.1 Å². The number of rotatable bonds is 3. The SMILES string of the molecule is CC1(C)c2ccccc2N(c2ccc3sc4ccc(-c5ccccc5)cc4c3c2)c2ccc(-c3ccc4sc5ccccc5c4c3)cc21. The minimum atomic E-state index is -0.165. The maximum atomic E-state index is 2.49. The summed E-state index contributed by atoms with van der Waals surface area (Å²) in [6.45, 7) is 4.75. The smallest absolute Gasteiger partial charge is 0.0503 e. The van der Waals surface area contributed by atoms with Crippen molar-refractivity contribution in [2.75, 3.05) is 4.90 Å². The lowest BCUT2D eigenvalue weighted by molar-refractivity contribution is 0.632. The Labute approximate surface area is 288 Å². The molecule has 0 radical (unpaired) electrons. The monoisotopic (exact) mass is 649 g/mol. The second-order valence-corrected chi connectivity index (χ2v) is 15.5. The van der Waals surface area contributed by atoms with Crippen LogP contribution < -0.4 is 4.90 Å². The van der Waals surface area contributed by atoms with Crippen molar-refractivity contribution in [3.05, 3.63) is 163 Å². The van der Waals surface area contributed by atoms with Gasteiger partial charge in [-0.25, -0.2) is 0 Å². The molecule has 0 amide bonds. The van der Waals surface area contributed by atoms with Gasteiger partial charge in [-0.05, 0) is 100 Å². The second kappa shape index (κ2) is 10.4. The summed E-state index contributed by atoms with van der Waals surface area (Å²) >= 11 is 3.75. The third-order valence-electron chi connectivity index (χ3n) is 10.3. The Kier molecular flexibility index (Phi) is 6.03. The number of para-hydroxylation sites is 1. The number of nitrogens with zero attached hydrogens (tertiary/aromatic N) is 1. The van der Waals surface area contributed by atoms with Crippen LogP contribution in [0.5, 0.6) is 0 Å². The summed E-state index contributed by atoms with van der Waals surface area (Å²) in [5.41, 5.74) is 11.2. The van der Waals surface area contributed by atoms with Crippen molar-refractivity contribution in [3.8, 4) is 22.3 Å². The Hall–Kier alpha value is -5.22. The number of fused-ring (bicyclic) bond motifs is 8. The molecule has 0 aliphatic carbocycles. The lowest BCUT2D eigenvalue weighted by atomic mass is 9.73. The number of benzene rings is 7. The van der Waals surface area contributed by atoms with Gasteiger partial charge in [0.1, 0.15) is 0 Å². The topological polar surface area (TPSA) is 3.24 Å². The standard InChI is InChI=1S/C45H31NS2/c1-45(2)37-13-7-8-14-39(37)46(32-19-23-44-36(27-32)35-24-29(17-21-43(35)48-44)28-10-4-3-5-11-28)40-20-16-31(26-38(40)45)30-18-22-42-34(25-30)33-12-6-9-15-41(33)47-42/h3-27H,1-2H3. The number of thiophene rings is 2. The van der Waals surface area contributed by atoms with Crippen LogP contribution in [0.2, 0.25) is 0 Å². The van der Waals surface area contributed by atoms with Crippen LogP contribution in [0.3, 0.4) is 0 Å². The van der Waals surface area contributed by atoms with Crippen molar-refractivity contribution in [1.29, 1.82) is 0 Å². The fourth-order valence-corrected chi connectivity index (χ4v) is 9.93. The van der Waals surface area contributed by atoms with Gasteiger partial charge >= 0.3 is 0 Å². The lowest BCUT2D eigenvalue weighted by Gasteiger charge is -2.42. The first-order chi connectivity index (χ1) is 23.5. The Morgan fingerprint density at radius 2 is 0.938 bits per heavy atom. The molecule has 0 bridgehead atoms. The van der Waals surface area contributed by atoms with Crippen LogP contribution >= 0.6 is 22.7 Å². The molecule has 3 heterocycles. The van der Waals surface area contributed by atoms with Gasteiger partial charge in [-0.3, -0.25) is 0 Å². The summed E-state index contributed by atoms with van der Waals surface area (Å²) in [4.78, 5) is 2.49. The predicted molar refractivity (Wildman–Crippen MR) is 210 cm³/mol. The number of hydrogen-bond acceptors (Lipinski definition) is 3. The Morgan fingerprint density at radius 1 is 0.396 bits per heavy atom. The zero-order valence-corrected chi connectivity index (χ0v) is 28.3. The van der Waals surface area contributed by atoms with Crippen molar-refractivity contribution in [1.82, 2.24) is 0 Å². The highest BCUT2D eigenvalue weighted by atomic mass is 32.1. The molecule has 0 fully saturated rings. The number of hydrogen-bond donors (Lipinski definition) is 0. The molecule has 0 unspecified atom stereocenters. The summed E-state index contributed by atoms with van der Waals surface area (Å²) in [5, 5.41) is 5.30. The largest absolute Gasteiger partial charge is 0.310 e. The Morgan fingerprint density at radius 3 is 1.73 bits per heavy atom. The normalized spacial score (nSPS) is 13.8. The van der Waals surface area contributed by atoms with Gasteiger partial charge < -0.3 is 4.90 Å². The minimum absolute atomic E-state index is 0.165. The van der Waals surface area contributed by atoms with Crippen molar-refractivity contribution in [2.24, 2.45) is 0 Å². The molecule has 3 heteroatoms. The summed E-state index contributed by atoms with van der Waals surface area (Å²) in [6, 6.07) is 56.4. The number of anilines is 3. The molecular formula is C45H31NS2. The molecule has 10 rings (SSSR count). The predicted octanol–water partition coefficient (Wildman–Crippen LogP) is 13.9. The molecular weight excluding hydrogens is 619 g/mol. The zero-order valence-electron chi connectivity index (χ0n) is 26.7. The van der Waals surface area contributed by atoms with Crippen molar-refractivity contribution < 1.29 is 0 Å². The van der Waals surface area contributed by atoms with Crippen LogP contribution in [0.15, 0.2) is 152 Å². The van der Waals surface area contributed by atoms with Gasteiger partial charge in [0, 0.05) is 51.4 Å². The van der Waals surface area contributed by atoms with E-state index in [-0.39, 0.29) is 5.41 Å². The fraction of sp³-hybridized carbons (Fsp3) is 0.0667. The highest BCUT2D eigenvalue weighted by Crippen LogP contribution is 2.53. The minimum Gasteiger partial charge on any atom is -0.310 e. The van der Waals surface area contributed by atoms with E-state index in [0.717, 1.165) is 0 Å². The van der Waals surface area contributed by atoms with E-state index >= 15 is 0 Å². The van der Waals surface area contributed by atoms with E-state index in [1.165, 1.54) is 90.8 Å². The van der Waals surface area contributed by atoms with Gasteiger partial charge in [0.15, 0.2) is 0 Å².